The second-order valence-electron chi connectivity index (χ2n) is 5.28. The zero-order chi connectivity index (χ0) is 11.5. The van der Waals surface area contributed by atoms with Gasteiger partial charge in [0.15, 0.2) is 0 Å². The van der Waals surface area contributed by atoms with Gasteiger partial charge in [0.05, 0.1) is 0 Å². The third-order valence-corrected chi connectivity index (χ3v) is 3.54. The van der Waals surface area contributed by atoms with E-state index < -0.39 is 0 Å². The van der Waals surface area contributed by atoms with Gasteiger partial charge in [0.25, 0.3) is 0 Å². The predicted molar refractivity (Wildman–Crippen MR) is 70.0 cm³/mol. The molecule has 1 heteroatoms. The first-order valence-electron chi connectivity index (χ1n) is 6.47. The van der Waals surface area contributed by atoms with Crippen LogP contribution >= 0.6 is 0 Å². The van der Waals surface area contributed by atoms with Crippen LogP contribution in [0.4, 0.5) is 0 Å². The monoisotopic (exact) mass is 217 g/mol. The molecule has 16 heavy (non-hydrogen) atoms. The van der Waals surface area contributed by atoms with Gasteiger partial charge in [-0.25, -0.2) is 0 Å². The van der Waals surface area contributed by atoms with Gasteiger partial charge in [-0.2, -0.15) is 0 Å². The van der Waals surface area contributed by atoms with Crippen molar-refractivity contribution in [2.75, 3.05) is 6.54 Å². The summed E-state index contributed by atoms with van der Waals surface area (Å²) in [7, 11) is 0. The molecule has 0 amide bonds. The summed E-state index contributed by atoms with van der Waals surface area (Å²) in [5.74, 6) is 0.673. The molecule has 1 atom stereocenters. The minimum absolute atomic E-state index is 0.673. The quantitative estimate of drug-likeness (QED) is 0.795. The van der Waals surface area contributed by atoms with E-state index in [0.717, 1.165) is 6.04 Å². The Morgan fingerprint density at radius 1 is 1.31 bits per heavy atom. The molecule has 0 aliphatic heterocycles. The van der Waals surface area contributed by atoms with E-state index in [1.165, 1.54) is 42.5 Å². The van der Waals surface area contributed by atoms with Crippen LogP contribution in [0.3, 0.4) is 0 Å². The minimum Gasteiger partial charge on any atom is -0.314 e. The molecule has 0 bridgehead atoms. The topological polar surface area (TPSA) is 12.0 Å². The third kappa shape index (κ3) is 3.08. The van der Waals surface area contributed by atoms with Crippen LogP contribution in [0, 0.1) is 13.8 Å². The Morgan fingerprint density at radius 3 is 2.69 bits per heavy atom. The van der Waals surface area contributed by atoms with E-state index in [-0.39, 0.29) is 0 Å². The average Bonchev–Trinajstić information content (AvgIpc) is 3.01. The molecule has 1 saturated carbocycles. The summed E-state index contributed by atoms with van der Waals surface area (Å²) >= 11 is 0. The van der Waals surface area contributed by atoms with Crippen LogP contribution in [-0.2, 0) is 0 Å². The zero-order valence-corrected chi connectivity index (χ0v) is 10.7. The van der Waals surface area contributed by atoms with Crippen molar-refractivity contribution in [3.8, 4) is 0 Å². The summed E-state index contributed by atoms with van der Waals surface area (Å²) in [6.45, 7) is 7.90. The highest BCUT2D eigenvalue weighted by molar-refractivity contribution is 5.32. The first-order valence-corrected chi connectivity index (χ1v) is 6.47. The van der Waals surface area contributed by atoms with Gasteiger partial charge in [-0.05, 0) is 56.7 Å². The molecule has 1 unspecified atom stereocenters. The zero-order valence-electron chi connectivity index (χ0n) is 10.7. The van der Waals surface area contributed by atoms with Gasteiger partial charge in [0, 0.05) is 6.04 Å². The van der Waals surface area contributed by atoms with E-state index in [2.05, 4.69) is 44.3 Å². The molecule has 0 radical (unpaired) electrons. The van der Waals surface area contributed by atoms with Gasteiger partial charge in [0.2, 0.25) is 0 Å². The van der Waals surface area contributed by atoms with Crippen molar-refractivity contribution < 1.29 is 0 Å². The minimum atomic E-state index is 0.673. The second-order valence-corrected chi connectivity index (χ2v) is 5.28. The van der Waals surface area contributed by atoms with Crippen LogP contribution in [-0.4, -0.2) is 12.6 Å². The number of benzene rings is 1. The molecule has 1 aliphatic carbocycles. The summed E-state index contributed by atoms with van der Waals surface area (Å²) in [6, 6.07) is 7.66. The van der Waals surface area contributed by atoms with E-state index >= 15 is 0 Å². The number of rotatable bonds is 5. The van der Waals surface area contributed by atoms with Crippen molar-refractivity contribution in [1.82, 2.24) is 5.32 Å². The van der Waals surface area contributed by atoms with Crippen molar-refractivity contribution in [2.24, 2.45) is 0 Å². The first kappa shape index (κ1) is 11.7. The molecule has 1 aromatic rings. The molecular weight excluding hydrogens is 194 g/mol. The summed E-state index contributed by atoms with van der Waals surface area (Å²) in [5.41, 5.74) is 4.33. The Labute approximate surface area is 99.3 Å². The fraction of sp³-hybridized carbons (Fsp3) is 0.600. The molecule has 0 saturated heterocycles. The van der Waals surface area contributed by atoms with Gasteiger partial charge in [-0.15, -0.1) is 0 Å². The maximum absolute atomic E-state index is 3.59. The molecule has 0 aromatic heterocycles. The van der Waals surface area contributed by atoms with Crippen LogP contribution in [0.5, 0.6) is 0 Å². The largest absolute Gasteiger partial charge is 0.314 e. The summed E-state index contributed by atoms with van der Waals surface area (Å²) in [6.07, 6.45) is 4.02. The molecule has 0 heterocycles. The summed E-state index contributed by atoms with van der Waals surface area (Å²) in [5, 5.41) is 3.59. The highest BCUT2D eigenvalue weighted by atomic mass is 14.9. The molecule has 2 rings (SSSR count). The van der Waals surface area contributed by atoms with Gasteiger partial charge in [-0.1, -0.05) is 30.7 Å². The number of nitrogens with one attached hydrogen (secondary N) is 1. The van der Waals surface area contributed by atoms with Crippen molar-refractivity contribution >= 4 is 0 Å². The van der Waals surface area contributed by atoms with Crippen LogP contribution in [0.1, 0.15) is 48.8 Å². The Bertz CT molecular complexity index is 352. The number of hydrogen-bond acceptors (Lipinski definition) is 1. The molecule has 1 nitrogen and oxygen atoms in total. The molecule has 88 valence electrons. The molecular formula is C15H23N. The lowest BCUT2D eigenvalue weighted by molar-refractivity contribution is 0.590. The lowest BCUT2D eigenvalue weighted by Crippen LogP contribution is -2.19. The molecule has 1 aliphatic rings. The Morgan fingerprint density at radius 2 is 2.06 bits per heavy atom. The maximum atomic E-state index is 3.59. The Balaban J connectivity index is 1.88. The van der Waals surface area contributed by atoms with E-state index in [0.29, 0.717) is 5.92 Å². The van der Waals surface area contributed by atoms with Crippen LogP contribution in [0.25, 0.3) is 0 Å². The van der Waals surface area contributed by atoms with E-state index in [4.69, 9.17) is 0 Å². The normalized spacial score (nSPS) is 17.4. The smallest absolute Gasteiger partial charge is 0.00682 e. The third-order valence-electron chi connectivity index (χ3n) is 3.54. The van der Waals surface area contributed by atoms with Gasteiger partial charge in [0.1, 0.15) is 0 Å². The van der Waals surface area contributed by atoms with Crippen LogP contribution in [0.2, 0.25) is 0 Å². The summed E-state index contributed by atoms with van der Waals surface area (Å²) in [4.78, 5) is 0. The number of aryl methyl sites for hydroxylation is 2. The standard InChI is InChI=1S/C15H23N/c1-11-4-7-15(13(3)10-11)12(2)8-9-16-14-5-6-14/h4,7,10,12,14,16H,5-6,8-9H2,1-3H3. The van der Waals surface area contributed by atoms with Crippen molar-refractivity contribution in [3.63, 3.8) is 0 Å². The Hall–Kier alpha value is -0.820. The highest BCUT2D eigenvalue weighted by Gasteiger charge is 2.20. The van der Waals surface area contributed by atoms with E-state index in [1.54, 1.807) is 0 Å². The fourth-order valence-electron chi connectivity index (χ4n) is 2.33. The highest BCUT2D eigenvalue weighted by Crippen LogP contribution is 2.24. The second kappa shape index (κ2) is 5.01. The van der Waals surface area contributed by atoms with Crippen LogP contribution < -0.4 is 5.32 Å². The summed E-state index contributed by atoms with van der Waals surface area (Å²) < 4.78 is 0. The van der Waals surface area contributed by atoms with Crippen molar-refractivity contribution in [2.45, 2.75) is 52.0 Å². The lowest BCUT2D eigenvalue weighted by Gasteiger charge is -2.15. The first-order chi connectivity index (χ1) is 7.66. The van der Waals surface area contributed by atoms with Gasteiger partial charge >= 0.3 is 0 Å². The van der Waals surface area contributed by atoms with Gasteiger partial charge in [-0.3, -0.25) is 0 Å². The fourth-order valence-corrected chi connectivity index (χ4v) is 2.33. The van der Waals surface area contributed by atoms with Gasteiger partial charge < -0.3 is 5.32 Å². The van der Waals surface area contributed by atoms with E-state index in [1.807, 2.05) is 0 Å². The SMILES string of the molecule is Cc1ccc(C(C)CCNC2CC2)c(C)c1. The van der Waals surface area contributed by atoms with Crippen molar-refractivity contribution in [3.05, 3.63) is 34.9 Å². The Kier molecular flexibility index (Phi) is 3.65. The predicted octanol–water partition coefficient (Wildman–Crippen LogP) is 3.55. The molecule has 1 fully saturated rings. The molecule has 1 N–H and O–H groups in total. The maximum Gasteiger partial charge on any atom is 0.00682 e. The number of hydrogen-bond donors (Lipinski definition) is 1. The lowest BCUT2D eigenvalue weighted by atomic mass is 9.92. The average molecular weight is 217 g/mol. The van der Waals surface area contributed by atoms with Crippen molar-refractivity contribution in [1.29, 1.82) is 0 Å². The molecule has 0 spiro atoms. The van der Waals surface area contributed by atoms with E-state index in [9.17, 15) is 0 Å². The van der Waals surface area contributed by atoms with Crippen LogP contribution in [0.15, 0.2) is 18.2 Å². The molecule has 1 aromatic carbocycles.